The molecule has 140 valence electrons. The molecule has 3 heterocycles. The van der Waals surface area contributed by atoms with E-state index in [-0.39, 0.29) is 12.3 Å². The lowest BCUT2D eigenvalue weighted by Gasteiger charge is -2.18. The minimum Gasteiger partial charge on any atom is -0.486 e. The monoisotopic (exact) mass is 392 g/mol. The van der Waals surface area contributed by atoms with Crippen molar-refractivity contribution in [2.75, 3.05) is 18.5 Å². The molecule has 0 bridgehead atoms. The number of anilines is 1. The van der Waals surface area contributed by atoms with Crippen molar-refractivity contribution >= 4 is 34.0 Å². The minimum absolute atomic E-state index is 0.149. The van der Waals surface area contributed by atoms with Crippen LogP contribution in [0.15, 0.2) is 47.3 Å². The predicted octanol–water partition coefficient (Wildman–Crippen LogP) is 3.64. The summed E-state index contributed by atoms with van der Waals surface area (Å²) in [5, 5.41) is 12.9. The van der Waals surface area contributed by atoms with E-state index in [9.17, 15) is 4.79 Å². The SMILES string of the molecule is O=C(Cc1ccc2c(c1)OCCO2)Nc1n[nH]c2ccc(-c3cscn3)cc12. The van der Waals surface area contributed by atoms with E-state index in [1.807, 2.05) is 41.8 Å². The van der Waals surface area contributed by atoms with Crippen molar-refractivity contribution in [3.8, 4) is 22.8 Å². The largest absolute Gasteiger partial charge is 0.486 e. The quantitative estimate of drug-likeness (QED) is 0.554. The summed E-state index contributed by atoms with van der Waals surface area (Å²) in [7, 11) is 0. The Balaban J connectivity index is 1.36. The van der Waals surface area contributed by atoms with Crippen LogP contribution in [0.5, 0.6) is 11.5 Å². The molecule has 0 radical (unpaired) electrons. The summed E-state index contributed by atoms with van der Waals surface area (Å²) < 4.78 is 11.1. The molecule has 2 N–H and O–H groups in total. The fraction of sp³-hybridized carbons (Fsp3) is 0.150. The van der Waals surface area contributed by atoms with E-state index in [2.05, 4.69) is 20.5 Å². The van der Waals surface area contributed by atoms with Crippen LogP contribution in [0.25, 0.3) is 22.2 Å². The molecular formula is C20H16N4O3S. The average molecular weight is 392 g/mol. The van der Waals surface area contributed by atoms with Gasteiger partial charge in [0.1, 0.15) is 13.2 Å². The second-order valence-corrected chi connectivity index (χ2v) is 7.13. The van der Waals surface area contributed by atoms with E-state index < -0.39 is 0 Å². The van der Waals surface area contributed by atoms with Crippen molar-refractivity contribution in [3.63, 3.8) is 0 Å². The third kappa shape index (κ3) is 3.18. The second-order valence-electron chi connectivity index (χ2n) is 6.41. The molecule has 5 rings (SSSR count). The summed E-state index contributed by atoms with van der Waals surface area (Å²) in [5.41, 5.74) is 5.39. The first-order valence-electron chi connectivity index (χ1n) is 8.81. The van der Waals surface area contributed by atoms with Gasteiger partial charge in [0.2, 0.25) is 5.91 Å². The molecule has 1 aliphatic rings. The number of nitrogens with one attached hydrogen (secondary N) is 2. The zero-order chi connectivity index (χ0) is 18.9. The number of rotatable bonds is 4. The van der Waals surface area contributed by atoms with Crippen LogP contribution in [0.3, 0.4) is 0 Å². The van der Waals surface area contributed by atoms with Crippen LogP contribution in [0, 0.1) is 0 Å². The Morgan fingerprint density at radius 3 is 2.89 bits per heavy atom. The first-order chi connectivity index (χ1) is 13.8. The van der Waals surface area contributed by atoms with E-state index in [4.69, 9.17) is 9.47 Å². The summed E-state index contributed by atoms with van der Waals surface area (Å²) in [6.45, 7) is 1.06. The zero-order valence-electron chi connectivity index (χ0n) is 14.8. The topological polar surface area (TPSA) is 89.1 Å². The molecule has 0 saturated heterocycles. The van der Waals surface area contributed by atoms with E-state index in [0.717, 1.165) is 27.7 Å². The molecule has 0 aliphatic carbocycles. The normalized spacial score (nSPS) is 12.9. The number of thiazole rings is 1. The number of aromatic amines is 1. The maximum Gasteiger partial charge on any atom is 0.230 e. The van der Waals surface area contributed by atoms with Crippen LogP contribution < -0.4 is 14.8 Å². The molecule has 0 unspecified atom stereocenters. The average Bonchev–Trinajstić information content (AvgIpc) is 3.38. The standard InChI is InChI=1S/C20H16N4O3S/c25-19(8-12-1-4-17-18(7-12)27-6-5-26-17)22-20-14-9-13(16-10-28-11-21-16)2-3-15(14)23-24-20/h1-4,7,9-11H,5-6,8H2,(H2,22,23,24,25). The molecule has 7 nitrogen and oxygen atoms in total. The summed E-state index contributed by atoms with van der Waals surface area (Å²) >= 11 is 1.54. The molecule has 1 amide bonds. The molecule has 28 heavy (non-hydrogen) atoms. The van der Waals surface area contributed by atoms with Crippen molar-refractivity contribution in [1.29, 1.82) is 0 Å². The Morgan fingerprint density at radius 1 is 1.14 bits per heavy atom. The molecule has 2 aromatic heterocycles. The van der Waals surface area contributed by atoms with Crippen LogP contribution >= 0.6 is 11.3 Å². The van der Waals surface area contributed by atoms with Gasteiger partial charge in [-0.3, -0.25) is 9.89 Å². The Labute approximate surface area is 164 Å². The fourth-order valence-corrected chi connectivity index (χ4v) is 3.74. The number of hydrogen-bond donors (Lipinski definition) is 2. The Kier molecular flexibility index (Phi) is 4.17. The van der Waals surface area contributed by atoms with Crippen molar-refractivity contribution in [2.45, 2.75) is 6.42 Å². The number of hydrogen-bond acceptors (Lipinski definition) is 6. The van der Waals surface area contributed by atoms with Crippen LogP contribution in [-0.4, -0.2) is 34.3 Å². The second kappa shape index (κ2) is 6.97. The van der Waals surface area contributed by atoms with Crippen LogP contribution in [0.4, 0.5) is 5.82 Å². The number of carbonyl (C=O) groups is 1. The van der Waals surface area contributed by atoms with Gasteiger partial charge < -0.3 is 14.8 Å². The minimum atomic E-state index is -0.149. The molecule has 0 spiro atoms. The van der Waals surface area contributed by atoms with E-state index in [1.165, 1.54) is 0 Å². The number of benzene rings is 2. The molecule has 2 aromatic carbocycles. The Hall–Kier alpha value is -3.39. The molecule has 4 aromatic rings. The van der Waals surface area contributed by atoms with Crippen LogP contribution in [0.2, 0.25) is 0 Å². The van der Waals surface area contributed by atoms with Gasteiger partial charge in [-0.05, 0) is 29.8 Å². The smallest absolute Gasteiger partial charge is 0.230 e. The first kappa shape index (κ1) is 16.8. The van der Waals surface area contributed by atoms with Crippen LogP contribution in [0.1, 0.15) is 5.56 Å². The predicted molar refractivity (Wildman–Crippen MR) is 107 cm³/mol. The fourth-order valence-electron chi connectivity index (χ4n) is 3.18. The van der Waals surface area contributed by atoms with Gasteiger partial charge >= 0.3 is 0 Å². The molecule has 0 saturated carbocycles. The number of aromatic nitrogens is 3. The highest BCUT2D eigenvalue weighted by Gasteiger charge is 2.15. The molecule has 1 aliphatic heterocycles. The van der Waals surface area contributed by atoms with Gasteiger partial charge in [-0.2, -0.15) is 5.10 Å². The lowest BCUT2D eigenvalue weighted by atomic mass is 10.1. The number of fused-ring (bicyclic) bond motifs is 2. The highest BCUT2D eigenvalue weighted by molar-refractivity contribution is 7.07. The molecular weight excluding hydrogens is 376 g/mol. The lowest BCUT2D eigenvalue weighted by molar-refractivity contribution is -0.115. The molecule has 0 atom stereocenters. The highest BCUT2D eigenvalue weighted by Crippen LogP contribution is 2.31. The van der Waals surface area contributed by atoms with E-state index in [1.54, 1.807) is 16.8 Å². The summed E-state index contributed by atoms with van der Waals surface area (Å²) in [4.78, 5) is 16.9. The van der Waals surface area contributed by atoms with Gasteiger partial charge in [0, 0.05) is 16.3 Å². The van der Waals surface area contributed by atoms with E-state index >= 15 is 0 Å². The maximum absolute atomic E-state index is 12.6. The van der Waals surface area contributed by atoms with Crippen LogP contribution in [-0.2, 0) is 11.2 Å². The zero-order valence-corrected chi connectivity index (χ0v) is 15.6. The summed E-state index contributed by atoms with van der Waals surface area (Å²) in [5.74, 6) is 1.75. The van der Waals surface area contributed by atoms with Gasteiger partial charge in [0.25, 0.3) is 0 Å². The number of amides is 1. The van der Waals surface area contributed by atoms with Gasteiger partial charge in [0.05, 0.1) is 23.1 Å². The van der Waals surface area contributed by atoms with E-state index in [0.29, 0.717) is 30.5 Å². The van der Waals surface area contributed by atoms with Gasteiger partial charge in [-0.25, -0.2) is 4.98 Å². The first-order valence-corrected chi connectivity index (χ1v) is 9.75. The van der Waals surface area contributed by atoms with Crippen molar-refractivity contribution in [1.82, 2.24) is 15.2 Å². The maximum atomic E-state index is 12.6. The number of H-pyrrole nitrogens is 1. The molecule has 8 heteroatoms. The summed E-state index contributed by atoms with van der Waals surface area (Å²) in [6.07, 6.45) is 0.219. The number of ether oxygens (including phenoxy) is 2. The summed E-state index contributed by atoms with van der Waals surface area (Å²) in [6, 6.07) is 11.5. The van der Waals surface area contributed by atoms with Crippen molar-refractivity contribution in [2.24, 2.45) is 0 Å². The Morgan fingerprint density at radius 2 is 2.04 bits per heavy atom. The third-order valence-corrected chi connectivity index (χ3v) is 5.11. The Bertz CT molecular complexity index is 1150. The van der Waals surface area contributed by atoms with Gasteiger partial charge in [-0.15, -0.1) is 11.3 Å². The van der Waals surface area contributed by atoms with Gasteiger partial charge in [0.15, 0.2) is 17.3 Å². The van der Waals surface area contributed by atoms with Crippen molar-refractivity contribution < 1.29 is 14.3 Å². The van der Waals surface area contributed by atoms with Gasteiger partial charge in [-0.1, -0.05) is 12.1 Å². The third-order valence-electron chi connectivity index (χ3n) is 4.52. The van der Waals surface area contributed by atoms with Crippen molar-refractivity contribution in [3.05, 3.63) is 52.9 Å². The number of carbonyl (C=O) groups excluding carboxylic acids is 1. The number of nitrogens with zero attached hydrogens (tertiary/aromatic N) is 2. The highest BCUT2D eigenvalue weighted by atomic mass is 32.1. The lowest BCUT2D eigenvalue weighted by Crippen LogP contribution is -2.17. The molecule has 0 fully saturated rings.